The molecule has 22 heteroatoms. The summed E-state index contributed by atoms with van der Waals surface area (Å²) in [5.41, 5.74) is 12.9. The van der Waals surface area contributed by atoms with E-state index in [1.807, 2.05) is 18.2 Å². The number of nitrogens with zero attached hydrogens (tertiary/aromatic N) is 10. The Morgan fingerprint density at radius 1 is 0.657 bits per heavy atom. The maximum absolute atomic E-state index is 6.32. The lowest BCUT2D eigenvalue weighted by Gasteiger charge is -2.44. The van der Waals surface area contributed by atoms with Gasteiger partial charge in [-0.2, -0.15) is 29.9 Å². The largest absolute Gasteiger partial charge is 0.495 e. The molecule has 70 heavy (non-hydrogen) atoms. The van der Waals surface area contributed by atoms with E-state index in [-0.39, 0.29) is 16.5 Å². The number of anilines is 6. The Balaban J connectivity index is 0.000000165. The van der Waals surface area contributed by atoms with Crippen LogP contribution < -0.4 is 42.2 Å². The molecular formula is C48H72Cl4N16O2. The topological polar surface area (TPSA) is 209 Å². The number of piperidine rings is 6. The molecule has 4 bridgehead atoms. The summed E-state index contributed by atoms with van der Waals surface area (Å²) in [7, 11) is 3.15. The van der Waals surface area contributed by atoms with E-state index in [4.69, 9.17) is 77.3 Å². The number of aromatic nitrogens is 6. The highest BCUT2D eigenvalue weighted by molar-refractivity contribution is 6.33. The average Bonchev–Trinajstić information content (AvgIpc) is 4.04. The molecule has 0 aliphatic carbocycles. The zero-order valence-electron chi connectivity index (χ0n) is 41.0. The quantitative estimate of drug-likeness (QED) is 0.0700. The molecule has 8 saturated heterocycles. The van der Waals surface area contributed by atoms with Gasteiger partial charge in [-0.25, -0.2) is 0 Å². The summed E-state index contributed by atoms with van der Waals surface area (Å²) in [5, 5.41) is 14.3. The number of likely N-dealkylation sites (tertiary alicyclic amines) is 2. The number of methoxy groups -OCH3 is 2. The number of nitrogens with one attached hydrogen (secondary N) is 4. The number of rotatable bonds is 14. The molecule has 0 saturated carbocycles. The third kappa shape index (κ3) is 15.4. The molecule has 0 amide bonds. The lowest BCUT2D eigenvalue weighted by atomic mass is 9.84. The summed E-state index contributed by atoms with van der Waals surface area (Å²) < 4.78 is 10.3. The zero-order chi connectivity index (χ0) is 49.6. The van der Waals surface area contributed by atoms with Gasteiger partial charge in [-0.05, 0) is 175 Å². The molecule has 18 nitrogen and oxygen atoms in total. The van der Waals surface area contributed by atoms with Crippen molar-refractivity contribution in [2.75, 3.05) is 101 Å². The first kappa shape index (κ1) is 54.0. The minimum atomic E-state index is 0.0112. The highest BCUT2D eigenvalue weighted by Gasteiger charge is 2.35. The van der Waals surface area contributed by atoms with Crippen molar-refractivity contribution < 1.29 is 9.47 Å². The number of hydrogen-bond acceptors (Lipinski definition) is 18. The van der Waals surface area contributed by atoms with Crippen LogP contribution in [-0.4, -0.2) is 154 Å². The first-order valence-electron chi connectivity index (χ1n) is 24.9. The van der Waals surface area contributed by atoms with Crippen LogP contribution in [0.3, 0.4) is 0 Å². The molecule has 384 valence electrons. The molecule has 8 aliphatic rings. The standard InChI is InChI=1S/C24H35ClN8O.C10H7Cl3N4O.C7H14N2.C7H16N2/c1-3-18-5-4-10-33(18)15-26-22-29-23(27-17-6-7-21(34-2)19(25)13-17)31-24(30-22)28-20-14-32-11-8-16(20)9-12-32;1-18-7-3-2-5(4-6(7)11)14-10-16-8(12)15-9(13)17-10;8-7-5-6-1-3-9(7)4-2-6;1-2-9-5-3-4-7(9)6-8/h6-7,13,16,18,20H,3-5,8-12,14-15H2,1-2H3,(H3,26,27,28,29,30,31);2-4H,1H3,(H,14,15,16,17);6-7H,1-5,8H2;7H,2-6,8H2,1H3. The normalized spacial score (nSPS) is 25.6. The van der Waals surface area contributed by atoms with E-state index in [1.165, 1.54) is 97.1 Å². The second-order valence-electron chi connectivity index (χ2n) is 18.6. The Morgan fingerprint density at radius 2 is 1.23 bits per heavy atom. The molecule has 8 N–H and O–H groups in total. The summed E-state index contributed by atoms with van der Waals surface area (Å²) in [4.78, 5) is 35.3. The van der Waals surface area contributed by atoms with E-state index < -0.39 is 0 Å². The Morgan fingerprint density at radius 3 is 1.70 bits per heavy atom. The molecule has 4 atom stereocenters. The fourth-order valence-electron chi connectivity index (χ4n) is 10.3. The summed E-state index contributed by atoms with van der Waals surface area (Å²) in [5.74, 6) is 4.74. The van der Waals surface area contributed by atoms with Gasteiger partial charge in [0.2, 0.25) is 34.4 Å². The minimum absolute atomic E-state index is 0.0112. The van der Waals surface area contributed by atoms with E-state index in [9.17, 15) is 0 Å². The van der Waals surface area contributed by atoms with E-state index in [2.05, 4.69) is 74.7 Å². The lowest BCUT2D eigenvalue weighted by molar-refractivity contribution is 0.0531. The van der Waals surface area contributed by atoms with Crippen LogP contribution in [0, 0.1) is 11.8 Å². The maximum atomic E-state index is 6.32. The summed E-state index contributed by atoms with van der Waals surface area (Å²) in [6.07, 6.45) is 13.2. The molecule has 2 aromatic heterocycles. The van der Waals surface area contributed by atoms with Gasteiger partial charge in [-0.3, -0.25) is 14.7 Å². The predicted octanol–water partition coefficient (Wildman–Crippen LogP) is 8.43. The lowest BCUT2D eigenvalue weighted by Crippen LogP contribution is -2.53. The molecule has 10 heterocycles. The van der Waals surface area contributed by atoms with Gasteiger partial charge in [0.15, 0.2) is 0 Å². The molecular weight excluding hydrogens is 974 g/mol. The van der Waals surface area contributed by atoms with Crippen LogP contribution in [0.5, 0.6) is 11.5 Å². The Kier molecular flexibility index (Phi) is 20.6. The van der Waals surface area contributed by atoms with Gasteiger partial charge in [0, 0.05) is 49.1 Å². The van der Waals surface area contributed by atoms with Gasteiger partial charge >= 0.3 is 0 Å². The summed E-state index contributed by atoms with van der Waals surface area (Å²) in [6.45, 7) is 15.5. The van der Waals surface area contributed by atoms with Gasteiger partial charge in [-0.1, -0.05) is 37.0 Å². The van der Waals surface area contributed by atoms with Gasteiger partial charge in [0.1, 0.15) is 11.5 Å². The van der Waals surface area contributed by atoms with Crippen molar-refractivity contribution in [2.24, 2.45) is 23.3 Å². The first-order valence-corrected chi connectivity index (χ1v) is 26.4. The number of halogens is 4. The second-order valence-corrected chi connectivity index (χ2v) is 20.1. The van der Waals surface area contributed by atoms with Crippen molar-refractivity contribution in [3.8, 4) is 11.5 Å². The fourth-order valence-corrected chi connectivity index (χ4v) is 11.2. The van der Waals surface area contributed by atoms with Gasteiger partial charge in [0.25, 0.3) is 0 Å². The minimum Gasteiger partial charge on any atom is -0.495 e. The SMILES string of the molecule is CCC1CCCN1CNc1nc(Nc2ccc(OC)c(Cl)c2)nc(NC2CN3CCC2CC3)n1.CCN1CCCC1CN.COc1ccc(Nc2nc(Cl)nc(Cl)n2)cc1Cl.NC1CC2CCN1CC2. The molecule has 8 fully saturated rings. The van der Waals surface area contributed by atoms with Crippen LogP contribution in [0.2, 0.25) is 20.6 Å². The van der Waals surface area contributed by atoms with Crippen LogP contribution in [-0.2, 0) is 0 Å². The number of nitrogens with two attached hydrogens (primary N) is 2. The number of hydrogen-bond donors (Lipinski definition) is 6. The molecule has 12 rings (SSSR count). The molecule has 0 radical (unpaired) electrons. The van der Waals surface area contributed by atoms with Crippen LogP contribution in [0.15, 0.2) is 36.4 Å². The number of likely N-dealkylation sites (N-methyl/N-ethyl adjacent to an activating group) is 1. The van der Waals surface area contributed by atoms with E-state index in [0.717, 1.165) is 44.3 Å². The molecule has 4 unspecified atom stereocenters. The van der Waals surface area contributed by atoms with Crippen molar-refractivity contribution >= 4 is 81.6 Å². The Hall–Kier alpha value is -3.82. The van der Waals surface area contributed by atoms with Crippen LogP contribution >= 0.6 is 46.4 Å². The number of ether oxygens (including phenoxy) is 2. The molecule has 4 aromatic rings. The van der Waals surface area contributed by atoms with Gasteiger partial charge in [0.05, 0.1) is 37.1 Å². The third-order valence-electron chi connectivity index (χ3n) is 14.3. The van der Waals surface area contributed by atoms with Crippen LogP contribution in [0.25, 0.3) is 0 Å². The zero-order valence-corrected chi connectivity index (χ0v) is 44.0. The highest BCUT2D eigenvalue weighted by atomic mass is 35.5. The van der Waals surface area contributed by atoms with E-state index >= 15 is 0 Å². The van der Waals surface area contributed by atoms with Gasteiger partial charge in [-0.15, -0.1) is 0 Å². The molecule has 2 aromatic carbocycles. The monoisotopic (exact) mass is 1040 g/mol. The van der Waals surface area contributed by atoms with Crippen molar-refractivity contribution in [3.63, 3.8) is 0 Å². The van der Waals surface area contributed by atoms with Gasteiger partial charge < -0.3 is 47.1 Å². The second kappa shape index (κ2) is 26.8. The van der Waals surface area contributed by atoms with Crippen molar-refractivity contribution in [1.82, 2.24) is 49.5 Å². The Labute approximate surface area is 433 Å². The van der Waals surface area contributed by atoms with E-state index in [1.54, 1.807) is 32.4 Å². The highest BCUT2D eigenvalue weighted by Crippen LogP contribution is 2.33. The van der Waals surface area contributed by atoms with Crippen molar-refractivity contribution in [2.45, 2.75) is 102 Å². The van der Waals surface area contributed by atoms with Crippen LogP contribution in [0.4, 0.5) is 35.2 Å². The first-order chi connectivity index (χ1) is 33.9. The number of fused-ring (bicyclic) bond motifs is 6. The predicted molar refractivity (Wildman–Crippen MR) is 284 cm³/mol. The maximum Gasteiger partial charge on any atom is 0.233 e. The van der Waals surface area contributed by atoms with Crippen molar-refractivity contribution in [1.29, 1.82) is 0 Å². The summed E-state index contributed by atoms with van der Waals surface area (Å²) in [6, 6.07) is 12.4. The Bertz CT molecular complexity index is 2220. The fraction of sp³-hybridized carbons (Fsp3) is 0.625. The molecule has 8 aliphatic heterocycles. The summed E-state index contributed by atoms with van der Waals surface area (Å²) >= 11 is 23.6. The van der Waals surface area contributed by atoms with Crippen molar-refractivity contribution in [3.05, 3.63) is 57.0 Å². The number of benzene rings is 2. The molecule has 0 spiro atoms. The average molecular weight is 1050 g/mol. The van der Waals surface area contributed by atoms with E-state index in [0.29, 0.717) is 75.3 Å². The smallest absolute Gasteiger partial charge is 0.233 e. The third-order valence-corrected chi connectivity index (χ3v) is 15.2. The van der Waals surface area contributed by atoms with Crippen LogP contribution in [0.1, 0.15) is 78.1 Å².